The Hall–Kier alpha value is -3.11. The van der Waals surface area contributed by atoms with Gasteiger partial charge in [0.25, 0.3) is 0 Å². The van der Waals surface area contributed by atoms with Crippen molar-refractivity contribution >= 4 is 33.0 Å². The van der Waals surface area contributed by atoms with Gasteiger partial charge >= 0.3 is 0 Å². The number of hydrogen-bond acceptors (Lipinski definition) is 7. The summed E-state index contributed by atoms with van der Waals surface area (Å²) in [6, 6.07) is 10.4. The maximum absolute atomic E-state index is 13.2. The van der Waals surface area contributed by atoms with Crippen LogP contribution in [0.4, 0.5) is 11.4 Å². The van der Waals surface area contributed by atoms with Crippen molar-refractivity contribution in [1.82, 2.24) is 5.32 Å². The minimum Gasteiger partial charge on any atom is -0.494 e. The zero-order valence-corrected chi connectivity index (χ0v) is 22.8. The summed E-state index contributed by atoms with van der Waals surface area (Å²) in [5.74, 6) is 0.354. The van der Waals surface area contributed by atoms with E-state index >= 15 is 0 Å². The van der Waals surface area contributed by atoms with Crippen molar-refractivity contribution in [2.45, 2.75) is 45.1 Å². The fourth-order valence-electron chi connectivity index (χ4n) is 4.93. The van der Waals surface area contributed by atoms with Gasteiger partial charge in [0.2, 0.25) is 11.8 Å². The first-order valence-corrected chi connectivity index (χ1v) is 14.3. The third-order valence-electron chi connectivity index (χ3n) is 6.69. The molecule has 0 radical (unpaired) electrons. The van der Waals surface area contributed by atoms with Crippen molar-refractivity contribution < 1.29 is 27.5 Å². The Bertz CT molecular complexity index is 1320. The molecule has 4 rings (SSSR count). The van der Waals surface area contributed by atoms with Gasteiger partial charge in [0.05, 0.1) is 30.0 Å². The maximum Gasteiger partial charge on any atom is 0.241 e. The number of rotatable bonds is 8. The molecule has 2 atom stereocenters. The van der Waals surface area contributed by atoms with Crippen LogP contribution in [-0.2, 0) is 31.3 Å². The highest BCUT2D eigenvalue weighted by molar-refractivity contribution is 7.90. The number of ether oxygens (including phenoxy) is 2. The van der Waals surface area contributed by atoms with Gasteiger partial charge in [-0.3, -0.25) is 9.59 Å². The molecule has 0 aliphatic carbocycles. The van der Waals surface area contributed by atoms with Crippen LogP contribution in [0.25, 0.3) is 0 Å². The lowest BCUT2D eigenvalue weighted by Crippen LogP contribution is -2.36. The third-order valence-corrected chi connectivity index (χ3v) is 7.60. The second kappa shape index (κ2) is 9.98. The van der Waals surface area contributed by atoms with Gasteiger partial charge in [-0.05, 0) is 47.6 Å². The molecule has 2 unspecified atom stereocenters. The summed E-state index contributed by atoms with van der Waals surface area (Å²) < 4.78 is 33.5. The molecule has 9 nitrogen and oxygen atoms in total. The highest BCUT2D eigenvalue weighted by Crippen LogP contribution is 2.44. The average molecular weight is 530 g/mol. The van der Waals surface area contributed by atoms with Crippen LogP contribution in [-0.4, -0.2) is 58.5 Å². The molecule has 37 heavy (non-hydrogen) atoms. The molecule has 1 spiro atoms. The van der Waals surface area contributed by atoms with Crippen LogP contribution in [0.3, 0.4) is 0 Å². The smallest absolute Gasteiger partial charge is 0.241 e. The number of fused-ring (bicyclic) bond motifs is 2. The first-order chi connectivity index (χ1) is 17.3. The predicted octanol–water partition coefficient (Wildman–Crippen LogP) is 2.90. The number of benzene rings is 2. The van der Waals surface area contributed by atoms with E-state index in [0.717, 1.165) is 23.9 Å². The second-order valence-electron chi connectivity index (χ2n) is 11.1. The molecule has 2 aromatic rings. The SMILES string of the molecule is COc1cc(OCCS(C)(=O)=O)ccc1NC(=O)C1CC2(CN1)C(=O)Nc1ccc(CC(C)(C)C)cc12. The van der Waals surface area contributed by atoms with Gasteiger partial charge < -0.3 is 25.4 Å². The number of hydrogen-bond donors (Lipinski definition) is 3. The van der Waals surface area contributed by atoms with E-state index in [0.29, 0.717) is 30.2 Å². The topological polar surface area (TPSA) is 123 Å². The summed E-state index contributed by atoms with van der Waals surface area (Å²) in [4.78, 5) is 26.3. The summed E-state index contributed by atoms with van der Waals surface area (Å²) in [6.07, 6.45) is 2.37. The van der Waals surface area contributed by atoms with Crippen LogP contribution in [0.15, 0.2) is 36.4 Å². The van der Waals surface area contributed by atoms with E-state index < -0.39 is 21.3 Å². The number of carbonyl (C=O) groups excluding carboxylic acids is 2. The maximum atomic E-state index is 13.2. The number of anilines is 2. The van der Waals surface area contributed by atoms with Gasteiger partial charge in [0.15, 0.2) is 9.84 Å². The third kappa shape index (κ3) is 6.07. The molecule has 1 saturated heterocycles. The van der Waals surface area contributed by atoms with Crippen molar-refractivity contribution in [2.75, 3.05) is 42.9 Å². The number of methoxy groups -OCH3 is 1. The van der Waals surface area contributed by atoms with E-state index in [-0.39, 0.29) is 29.6 Å². The van der Waals surface area contributed by atoms with Gasteiger partial charge in [-0.1, -0.05) is 32.9 Å². The Morgan fingerprint density at radius 2 is 1.95 bits per heavy atom. The van der Waals surface area contributed by atoms with Crippen molar-refractivity contribution in [3.63, 3.8) is 0 Å². The first-order valence-electron chi connectivity index (χ1n) is 12.3. The molecule has 200 valence electrons. The highest BCUT2D eigenvalue weighted by atomic mass is 32.2. The number of carbonyl (C=O) groups is 2. The molecule has 1 fully saturated rings. The van der Waals surface area contributed by atoms with Crippen molar-refractivity contribution in [2.24, 2.45) is 5.41 Å². The lowest BCUT2D eigenvalue weighted by Gasteiger charge is -2.23. The van der Waals surface area contributed by atoms with Crippen molar-refractivity contribution in [1.29, 1.82) is 0 Å². The summed E-state index contributed by atoms with van der Waals surface area (Å²) in [7, 11) is -1.66. The minimum atomic E-state index is -3.14. The van der Waals surface area contributed by atoms with E-state index in [4.69, 9.17) is 9.47 Å². The fourth-order valence-corrected chi connectivity index (χ4v) is 5.32. The molecular weight excluding hydrogens is 494 g/mol. The fraction of sp³-hybridized carbons (Fsp3) is 0.481. The van der Waals surface area contributed by atoms with Gasteiger partial charge in [-0.2, -0.15) is 0 Å². The Balaban J connectivity index is 1.47. The van der Waals surface area contributed by atoms with Crippen LogP contribution < -0.4 is 25.4 Å². The molecule has 0 bridgehead atoms. The van der Waals surface area contributed by atoms with E-state index in [1.807, 2.05) is 6.07 Å². The van der Waals surface area contributed by atoms with E-state index in [2.05, 4.69) is 48.9 Å². The molecular formula is C27H35N3O6S. The quantitative estimate of drug-likeness (QED) is 0.481. The van der Waals surface area contributed by atoms with Crippen LogP contribution in [0, 0.1) is 5.41 Å². The van der Waals surface area contributed by atoms with Crippen LogP contribution in [0.1, 0.15) is 38.3 Å². The van der Waals surface area contributed by atoms with Gasteiger partial charge in [0.1, 0.15) is 18.1 Å². The first kappa shape index (κ1) is 26.9. The molecule has 2 aliphatic rings. The Morgan fingerprint density at radius 3 is 2.62 bits per heavy atom. The van der Waals surface area contributed by atoms with E-state index in [1.165, 1.54) is 12.7 Å². The summed E-state index contributed by atoms with van der Waals surface area (Å²) in [5, 5.41) is 9.13. The number of nitrogens with one attached hydrogen (secondary N) is 3. The standard InChI is InChI=1S/C27H35N3O6S/c1-26(2,3)14-17-6-8-20-19(12-17)27(25(32)30-20)15-22(28-16-27)24(31)29-21-9-7-18(13-23(21)35-4)36-10-11-37(5,33)34/h6-9,12-13,22,28H,10-11,14-16H2,1-5H3,(H,29,31)(H,30,32). The number of amides is 2. The zero-order valence-electron chi connectivity index (χ0n) is 21.9. The Kier molecular flexibility index (Phi) is 7.27. The molecule has 0 saturated carbocycles. The molecule has 0 aromatic heterocycles. The van der Waals surface area contributed by atoms with Crippen molar-refractivity contribution in [3.8, 4) is 11.5 Å². The van der Waals surface area contributed by atoms with Gasteiger partial charge in [0, 0.05) is 24.6 Å². The Labute approximate surface area is 218 Å². The molecule has 10 heteroatoms. The second-order valence-corrected chi connectivity index (χ2v) is 13.4. The predicted molar refractivity (Wildman–Crippen MR) is 143 cm³/mol. The zero-order chi connectivity index (χ0) is 27.0. The lowest BCUT2D eigenvalue weighted by molar-refractivity contribution is -0.120. The van der Waals surface area contributed by atoms with Crippen molar-refractivity contribution in [3.05, 3.63) is 47.5 Å². The summed E-state index contributed by atoms with van der Waals surface area (Å²) in [5.41, 5.74) is 2.68. The van der Waals surface area contributed by atoms with Crippen LogP contribution in [0.2, 0.25) is 0 Å². The molecule has 2 aromatic carbocycles. The molecule has 2 aliphatic heterocycles. The van der Waals surface area contributed by atoms with E-state index in [1.54, 1.807) is 18.2 Å². The van der Waals surface area contributed by atoms with Gasteiger partial charge in [-0.15, -0.1) is 0 Å². The largest absolute Gasteiger partial charge is 0.494 e. The normalized spacial score (nSPS) is 21.0. The molecule has 3 N–H and O–H groups in total. The average Bonchev–Trinajstić information content (AvgIpc) is 3.36. The highest BCUT2D eigenvalue weighted by Gasteiger charge is 2.53. The minimum absolute atomic E-state index is 0.0166. The lowest BCUT2D eigenvalue weighted by atomic mass is 9.78. The van der Waals surface area contributed by atoms with Crippen LogP contribution in [0.5, 0.6) is 11.5 Å². The summed E-state index contributed by atoms with van der Waals surface area (Å²) in [6.45, 7) is 6.92. The number of sulfone groups is 1. The monoisotopic (exact) mass is 529 g/mol. The van der Waals surface area contributed by atoms with E-state index in [9.17, 15) is 18.0 Å². The molecule has 2 amide bonds. The Morgan fingerprint density at radius 1 is 1.19 bits per heavy atom. The summed E-state index contributed by atoms with van der Waals surface area (Å²) >= 11 is 0. The molecule has 2 heterocycles. The van der Waals surface area contributed by atoms with Gasteiger partial charge in [-0.25, -0.2) is 8.42 Å². The van der Waals surface area contributed by atoms with Crippen LogP contribution >= 0.6 is 0 Å².